The Morgan fingerprint density at radius 3 is 2.71 bits per heavy atom. The fourth-order valence-electron chi connectivity index (χ4n) is 2.26. The number of ether oxygens (including phenoxy) is 1. The van der Waals surface area contributed by atoms with Gasteiger partial charge in [-0.25, -0.2) is 0 Å². The molecule has 0 heterocycles. The van der Waals surface area contributed by atoms with Crippen LogP contribution in [0.3, 0.4) is 0 Å². The van der Waals surface area contributed by atoms with Crippen molar-refractivity contribution in [3.8, 4) is 0 Å². The van der Waals surface area contributed by atoms with Crippen molar-refractivity contribution in [2.24, 2.45) is 5.41 Å². The lowest BCUT2D eigenvalue weighted by molar-refractivity contribution is 0.0961. The first-order valence-electron chi connectivity index (χ1n) is 5.82. The van der Waals surface area contributed by atoms with Gasteiger partial charge in [0.2, 0.25) is 0 Å². The molecule has 1 aliphatic carbocycles. The highest BCUT2D eigenvalue weighted by Gasteiger charge is 2.31. The van der Waals surface area contributed by atoms with E-state index in [9.17, 15) is 0 Å². The van der Waals surface area contributed by atoms with E-state index in [0.717, 1.165) is 6.54 Å². The van der Waals surface area contributed by atoms with Crippen LogP contribution in [0.1, 0.15) is 46.5 Å². The predicted molar refractivity (Wildman–Crippen MR) is 60.5 cm³/mol. The molecule has 0 spiro atoms. The van der Waals surface area contributed by atoms with Crippen molar-refractivity contribution < 1.29 is 4.74 Å². The highest BCUT2D eigenvalue weighted by molar-refractivity contribution is 4.88. The Labute approximate surface area is 88.4 Å². The molecule has 84 valence electrons. The quantitative estimate of drug-likeness (QED) is 0.751. The van der Waals surface area contributed by atoms with Crippen LogP contribution in [0.2, 0.25) is 0 Å². The third-order valence-corrected chi connectivity index (χ3v) is 3.56. The van der Waals surface area contributed by atoms with Gasteiger partial charge in [-0.2, -0.15) is 0 Å². The number of nitrogens with one attached hydrogen (secondary N) is 1. The fourth-order valence-corrected chi connectivity index (χ4v) is 2.26. The van der Waals surface area contributed by atoms with Crippen molar-refractivity contribution in [1.82, 2.24) is 5.32 Å². The van der Waals surface area contributed by atoms with Gasteiger partial charge in [-0.05, 0) is 25.2 Å². The minimum absolute atomic E-state index is 0.327. The second kappa shape index (κ2) is 5.13. The zero-order valence-electron chi connectivity index (χ0n) is 10.1. The third-order valence-electron chi connectivity index (χ3n) is 3.56. The second-order valence-corrected chi connectivity index (χ2v) is 5.24. The first-order valence-corrected chi connectivity index (χ1v) is 5.82. The Morgan fingerprint density at radius 1 is 1.43 bits per heavy atom. The van der Waals surface area contributed by atoms with Crippen molar-refractivity contribution in [2.45, 2.75) is 58.6 Å². The predicted octanol–water partition coefficient (Wildman–Crippen LogP) is 2.58. The SMILES string of the molecule is COC(C)CNC1CCCCC1(C)C. The van der Waals surface area contributed by atoms with Crippen molar-refractivity contribution >= 4 is 0 Å². The summed E-state index contributed by atoms with van der Waals surface area (Å²) in [6.07, 6.45) is 5.77. The average molecular weight is 199 g/mol. The van der Waals surface area contributed by atoms with E-state index in [1.54, 1.807) is 7.11 Å². The van der Waals surface area contributed by atoms with Gasteiger partial charge in [0.15, 0.2) is 0 Å². The van der Waals surface area contributed by atoms with Crippen LogP contribution in [0, 0.1) is 5.41 Å². The zero-order chi connectivity index (χ0) is 10.6. The molecule has 1 rings (SSSR count). The molecular formula is C12H25NO. The van der Waals surface area contributed by atoms with Crippen LogP contribution in [-0.2, 0) is 4.74 Å². The van der Waals surface area contributed by atoms with Gasteiger partial charge in [-0.15, -0.1) is 0 Å². The lowest BCUT2D eigenvalue weighted by Crippen LogP contribution is -2.46. The summed E-state index contributed by atoms with van der Waals surface area (Å²) in [5.41, 5.74) is 0.464. The monoisotopic (exact) mass is 199 g/mol. The molecule has 0 saturated heterocycles. The molecule has 1 saturated carbocycles. The van der Waals surface area contributed by atoms with E-state index >= 15 is 0 Å². The Kier molecular flexibility index (Phi) is 4.39. The molecule has 1 aliphatic rings. The van der Waals surface area contributed by atoms with E-state index in [0.29, 0.717) is 17.6 Å². The lowest BCUT2D eigenvalue weighted by atomic mass is 9.73. The molecule has 0 aromatic rings. The highest BCUT2D eigenvalue weighted by atomic mass is 16.5. The summed E-state index contributed by atoms with van der Waals surface area (Å²) in [6, 6.07) is 0.675. The third kappa shape index (κ3) is 3.25. The maximum absolute atomic E-state index is 5.25. The summed E-state index contributed by atoms with van der Waals surface area (Å²) >= 11 is 0. The smallest absolute Gasteiger partial charge is 0.0667 e. The van der Waals surface area contributed by atoms with Crippen LogP contribution in [0.25, 0.3) is 0 Å². The maximum atomic E-state index is 5.25. The number of methoxy groups -OCH3 is 1. The van der Waals surface area contributed by atoms with Crippen molar-refractivity contribution in [2.75, 3.05) is 13.7 Å². The van der Waals surface area contributed by atoms with Gasteiger partial charge in [-0.3, -0.25) is 0 Å². The Balaban J connectivity index is 2.34. The normalized spacial score (nSPS) is 28.7. The van der Waals surface area contributed by atoms with Crippen LogP contribution < -0.4 is 5.32 Å². The topological polar surface area (TPSA) is 21.3 Å². The minimum Gasteiger partial charge on any atom is -0.380 e. The molecule has 2 nitrogen and oxygen atoms in total. The molecule has 0 bridgehead atoms. The van der Waals surface area contributed by atoms with Gasteiger partial charge in [0.1, 0.15) is 0 Å². The van der Waals surface area contributed by atoms with Gasteiger partial charge in [0.25, 0.3) is 0 Å². The van der Waals surface area contributed by atoms with Crippen molar-refractivity contribution in [3.63, 3.8) is 0 Å². The second-order valence-electron chi connectivity index (χ2n) is 5.24. The van der Waals surface area contributed by atoms with Crippen LogP contribution in [0.5, 0.6) is 0 Å². The summed E-state index contributed by atoms with van der Waals surface area (Å²) in [7, 11) is 1.78. The molecule has 0 aliphatic heterocycles. The molecule has 14 heavy (non-hydrogen) atoms. The molecule has 1 fully saturated rings. The molecule has 2 heteroatoms. The van der Waals surface area contributed by atoms with Gasteiger partial charge < -0.3 is 10.1 Å². The van der Waals surface area contributed by atoms with Gasteiger partial charge in [-0.1, -0.05) is 26.7 Å². The van der Waals surface area contributed by atoms with Crippen molar-refractivity contribution in [1.29, 1.82) is 0 Å². The summed E-state index contributed by atoms with van der Waals surface area (Å²) in [6.45, 7) is 7.84. The largest absolute Gasteiger partial charge is 0.380 e. The van der Waals surface area contributed by atoms with E-state index in [1.165, 1.54) is 25.7 Å². The molecule has 0 aromatic carbocycles. The van der Waals surface area contributed by atoms with Crippen molar-refractivity contribution in [3.05, 3.63) is 0 Å². The van der Waals surface area contributed by atoms with E-state index < -0.39 is 0 Å². The maximum Gasteiger partial charge on any atom is 0.0667 e. The molecule has 2 unspecified atom stereocenters. The Hall–Kier alpha value is -0.0800. The molecule has 0 aromatic heterocycles. The van der Waals surface area contributed by atoms with Gasteiger partial charge >= 0.3 is 0 Å². The summed E-state index contributed by atoms with van der Waals surface area (Å²) in [4.78, 5) is 0. The first kappa shape index (κ1) is 12.0. The molecule has 0 radical (unpaired) electrons. The Bertz CT molecular complexity index is 168. The zero-order valence-corrected chi connectivity index (χ0v) is 10.1. The molecule has 1 N–H and O–H groups in total. The highest BCUT2D eigenvalue weighted by Crippen LogP contribution is 2.35. The first-order chi connectivity index (χ1) is 6.56. The molecular weight excluding hydrogens is 174 g/mol. The minimum atomic E-state index is 0.327. The van der Waals surface area contributed by atoms with Crippen LogP contribution in [0.4, 0.5) is 0 Å². The standard InChI is InChI=1S/C12H25NO/c1-10(14-4)9-13-11-7-5-6-8-12(11,2)3/h10-11,13H,5-9H2,1-4H3. The van der Waals surface area contributed by atoms with Crippen LogP contribution >= 0.6 is 0 Å². The number of hydrogen-bond acceptors (Lipinski definition) is 2. The van der Waals surface area contributed by atoms with E-state index in [2.05, 4.69) is 26.1 Å². The van der Waals surface area contributed by atoms with E-state index in [4.69, 9.17) is 4.74 Å². The van der Waals surface area contributed by atoms with E-state index in [-0.39, 0.29) is 0 Å². The van der Waals surface area contributed by atoms with Gasteiger partial charge in [0, 0.05) is 19.7 Å². The summed E-state index contributed by atoms with van der Waals surface area (Å²) in [5.74, 6) is 0. The lowest BCUT2D eigenvalue weighted by Gasteiger charge is -2.39. The summed E-state index contributed by atoms with van der Waals surface area (Å²) in [5, 5.41) is 3.64. The number of rotatable bonds is 4. The Morgan fingerprint density at radius 2 is 2.14 bits per heavy atom. The molecule has 2 atom stereocenters. The number of hydrogen-bond donors (Lipinski definition) is 1. The van der Waals surface area contributed by atoms with Crippen LogP contribution in [0.15, 0.2) is 0 Å². The fraction of sp³-hybridized carbons (Fsp3) is 1.00. The van der Waals surface area contributed by atoms with Gasteiger partial charge in [0.05, 0.1) is 6.10 Å². The molecule has 0 amide bonds. The van der Waals surface area contributed by atoms with Crippen LogP contribution in [-0.4, -0.2) is 25.8 Å². The average Bonchev–Trinajstić information content (AvgIpc) is 2.15. The summed E-state index contributed by atoms with van der Waals surface area (Å²) < 4.78 is 5.25. The van der Waals surface area contributed by atoms with E-state index in [1.807, 2.05) is 0 Å².